The third kappa shape index (κ3) is 9.18. The van der Waals surface area contributed by atoms with Crippen LogP contribution in [0.4, 0.5) is 0 Å². The molecule has 12 heteroatoms. The zero-order valence-electron chi connectivity index (χ0n) is 51.9. The summed E-state index contributed by atoms with van der Waals surface area (Å²) in [6.07, 6.45) is 17.2. The van der Waals surface area contributed by atoms with Crippen LogP contribution in [-0.2, 0) is 0 Å². The minimum absolute atomic E-state index is 0.00432. The molecule has 4 aliphatic rings. The summed E-state index contributed by atoms with van der Waals surface area (Å²) in [4.78, 5) is 65.9. The van der Waals surface area contributed by atoms with Crippen LogP contribution in [0, 0.1) is 0 Å². The maximum atomic E-state index is 14.0. The van der Waals surface area contributed by atoms with Gasteiger partial charge in [0.15, 0.2) is 0 Å². The van der Waals surface area contributed by atoms with Gasteiger partial charge >= 0.3 is 0 Å². The molecule has 0 unspecified atom stereocenters. The first-order chi connectivity index (χ1) is 42.6. The van der Waals surface area contributed by atoms with Gasteiger partial charge in [-0.1, -0.05) is 226 Å². The molecule has 4 atom stereocenters. The van der Waals surface area contributed by atoms with Gasteiger partial charge in [0, 0.05) is 90.2 Å². The molecule has 4 amide bonds. The highest BCUT2D eigenvalue weighted by molar-refractivity contribution is 7.81. The molecular weight excluding hydrogens is 1160 g/mol. The molecule has 0 aromatic heterocycles. The molecule has 4 heterocycles. The van der Waals surface area contributed by atoms with Gasteiger partial charge in [-0.05, 0) is 142 Å². The predicted molar refractivity (Wildman–Crippen MR) is 381 cm³/mol. The van der Waals surface area contributed by atoms with E-state index in [2.05, 4.69) is 128 Å². The first-order valence-corrected chi connectivity index (χ1v) is 34.1. The average molecular weight is 1240 g/mol. The third-order valence-electron chi connectivity index (χ3n) is 20.1. The molecule has 10 aromatic rings. The van der Waals surface area contributed by atoms with Crippen molar-refractivity contribution in [1.82, 2.24) is 19.6 Å². The van der Waals surface area contributed by atoms with Crippen LogP contribution in [0.15, 0.2) is 97.1 Å². The maximum absolute atomic E-state index is 14.0. The first kappa shape index (κ1) is 60.0. The molecule has 10 aromatic carbocycles. The summed E-state index contributed by atoms with van der Waals surface area (Å²) in [5.41, 5.74) is 6.69. The number of carbonyl (C=O) groups excluding carboxylic acids is 4. The Morgan fingerprint density at radius 3 is 0.602 bits per heavy atom. The lowest BCUT2D eigenvalue weighted by atomic mass is 9.82. The van der Waals surface area contributed by atoms with E-state index in [0.29, 0.717) is 20.0 Å². The summed E-state index contributed by atoms with van der Waals surface area (Å²) in [6, 6.07) is 33.5. The second-order valence-corrected chi connectivity index (χ2v) is 27.1. The van der Waals surface area contributed by atoms with Crippen molar-refractivity contribution < 1.29 is 19.2 Å². The monoisotopic (exact) mass is 1240 g/mol. The van der Waals surface area contributed by atoms with E-state index in [1.165, 1.54) is 0 Å². The summed E-state index contributed by atoms with van der Waals surface area (Å²) in [6.45, 7) is 17.2. The number of hydrogen-bond acceptors (Lipinski definition) is 8. The van der Waals surface area contributed by atoms with Crippen molar-refractivity contribution in [2.75, 3.05) is 0 Å². The maximum Gasteiger partial charge on any atom is 0.259 e. The summed E-state index contributed by atoms with van der Waals surface area (Å²) in [5.74, 6) is -0.0173. The number of benzene rings is 10. The second-order valence-electron chi connectivity index (χ2n) is 25.6. The van der Waals surface area contributed by atoms with Crippen molar-refractivity contribution in [2.24, 2.45) is 0 Å². The van der Waals surface area contributed by atoms with E-state index < -0.39 is 0 Å². The van der Waals surface area contributed by atoms with Crippen LogP contribution in [0.2, 0.25) is 0 Å². The van der Waals surface area contributed by atoms with E-state index >= 15 is 0 Å². The lowest BCUT2D eigenvalue weighted by molar-refractivity contribution is 0.0798. The van der Waals surface area contributed by atoms with E-state index in [1.54, 1.807) is 0 Å². The number of rotatable bonds is 20. The van der Waals surface area contributed by atoms with Crippen LogP contribution in [-0.4, -0.2) is 87.3 Å². The lowest BCUT2D eigenvalue weighted by Gasteiger charge is -2.36. The Bertz CT molecular complexity index is 3820. The van der Waals surface area contributed by atoms with Gasteiger partial charge in [-0.15, -0.1) is 0 Å². The van der Waals surface area contributed by atoms with Gasteiger partial charge in [-0.2, -0.15) is 0 Å². The molecular formula is C76H76N4O4S4. The van der Waals surface area contributed by atoms with Crippen LogP contribution in [0.25, 0.3) is 86.2 Å². The van der Waals surface area contributed by atoms with Gasteiger partial charge in [0.25, 0.3) is 23.6 Å². The van der Waals surface area contributed by atoms with Gasteiger partial charge in [-0.3, -0.25) is 38.8 Å². The van der Waals surface area contributed by atoms with Crippen LogP contribution in [0.5, 0.6) is 0 Å². The normalized spacial score (nSPS) is 16.4. The molecule has 0 spiro atoms. The summed E-state index contributed by atoms with van der Waals surface area (Å²) >= 11 is 24.1. The van der Waals surface area contributed by atoms with Gasteiger partial charge in [0.2, 0.25) is 0 Å². The molecule has 0 bridgehead atoms. The van der Waals surface area contributed by atoms with Crippen LogP contribution >= 0.6 is 48.9 Å². The number of fused-ring (bicyclic) bond motifs is 4. The molecule has 14 rings (SSSR count). The quantitative estimate of drug-likeness (QED) is 0.0323. The van der Waals surface area contributed by atoms with Crippen molar-refractivity contribution in [2.45, 2.75) is 182 Å². The van der Waals surface area contributed by atoms with Crippen molar-refractivity contribution in [3.63, 3.8) is 0 Å². The summed E-state index contributed by atoms with van der Waals surface area (Å²) < 4.78 is 0. The molecule has 88 heavy (non-hydrogen) atoms. The van der Waals surface area contributed by atoms with E-state index in [0.717, 1.165) is 233 Å². The van der Waals surface area contributed by atoms with Crippen molar-refractivity contribution in [3.05, 3.63) is 142 Å². The molecule has 0 fully saturated rings. The number of nitrogens with zero attached hydrogens (tertiary/aromatic N) is 4. The van der Waals surface area contributed by atoms with Gasteiger partial charge in [0.05, 0.1) is 0 Å². The number of hydrogen-bond donors (Lipinski definition) is 0. The highest BCUT2D eigenvalue weighted by Crippen LogP contribution is 2.49. The topological polar surface area (TPSA) is 81.2 Å². The third-order valence-corrected chi connectivity index (χ3v) is 21.7. The lowest BCUT2D eigenvalue weighted by Crippen LogP contribution is -2.45. The van der Waals surface area contributed by atoms with Gasteiger partial charge in [-0.25, -0.2) is 0 Å². The Kier molecular flexibility index (Phi) is 16.2. The molecule has 0 radical (unpaired) electrons. The number of thiocarbonyl (C=S) groups is 4. The van der Waals surface area contributed by atoms with Gasteiger partial charge < -0.3 is 0 Å². The molecule has 0 N–H and O–H groups in total. The van der Waals surface area contributed by atoms with E-state index in [9.17, 15) is 19.2 Å². The minimum Gasteiger partial charge on any atom is -0.296 e. The largest absolute Gasteiger partial charge is 0.296 e. The van der Waals surface area contributed by atoms with Crippen molar-refractivity contribution in [1.29, 1.82) is 0 Å². The fourth-order valence-electron chi connectivity index (χ4n) is 15.5. The highest BCUT2D eigenvalue weighted by Gasteiger charge is 2.40. The smallest absolute Gasteiger partial charge is 0.259 e. The van der Waals surface area contributed by atoms with E-state index in [1.807, 2.05) is 43.9 Å². The van der Waals surface area contributed by atoms with Crippen LogP contribution in [0.1, 0.15) is 222 Å². The SMILES string of the molecule is CCCCC[C@@H](C)N1C(=O)c2ccc3c4ccc5c6c(ccc(c7ccc(c2c73)C1=S)c64)C(=O)N([C@@H](C)CCCCC)C5=S.CCCCC[C@@H](C)N1C(=O)c2ccc3c4ccc5c6c(ccc(c7ccc(c2c73)C1=S)c64)C(=O)N([C@@H](C)CCCCC)C5=S. The fourth-order valence-corrected chi connectivity index (χ4v) is 17.2. The molecule has 4 aliphatic heterocycles. The second kappa shape index (κ2) is 23.8. The molecule has 0 saturated heterocycles. The van der Waals surface area contributed by atoms with Crippen LogP contribution < -0.4 is 0 Å². The van der Waals surface area contributed by atoms with Crippen LogP contribution in [0.3, 0.4) is 0 Å². The highest BCUT2D eigenvalue weighted by atomic mass is 32.1. The number of amides is 4. The molecule has 0 aliphatic carbocycles. The molecule has 0 saturated carbocycles. The summed E-state index contributed by atoms with van der Waals surface area (Å²) in [5, 5.41) is 16.7. The Morgan fingerprint density at radius 1 is 0.261 bits per heavy atom. The number of unbranched alkanes of at least 4 members (excludes halogenated alkanes) is 8. The van der Waals surface area contributed by atoms with E-state index in [4.69, 9.17) is 48.9 Å². The molecule has 8 nitrogen and oxygen atoms in total. The summed E-state index contributed by atoms with van der Waals surface area (Å²) in [7, 11) is 0. The molecule has 448 valence electrons. The number of carbonyl (C=O) groups is 4. The standard InChI is InChI=1S/2C38H38N2O2S2/c2*1-5-7-9-11-21(3)39-35(41)27-17-13-23-26-16-20-30-34-28(36(42)40(38(30)44)22(4)12-10-8-6-2)18-14-24(32(26)34)25-15-19-29(37(39)43)33(27)31(23)25/h2*13-22H,5-12H2,1-4H3/t2*21-,22+. The van der Waals surface area contributed by atoms with Crippen molar-refractivity contribution >= 4 is 179 Å². The zero-order valence-corrected chi connectivity index (χ0v) is 55.2. The zero-order chi connectivity index (χ0) is 61.7. The minimum atomic E-state index is -0.00432. The Morgan fingerprint density at radius 2 is 0.432 bits per heavy atom. The van der Waals surface area contributed by atoms with E-state index in [-0.39, 0.29) is 47.8 Å². The Labute approximate surface area is 537 Å². The van der Waals surface area contributed by atoms with Gasteiger partial charge in [0.1, 0.15) is 20.0 Å². The predicted octanol–water partition coefficient (Wildman–Crippen LogP) is 19.9. The Balaban J connectivity index is 0.000000162. The van der Waals surface area contributed by atoms with Crippen molar-refractivity contribution in [3.8, 4) is 0 Å². The first-order valence-electron chi connectivity index (χ1n) is 32.5. The Hall–Kier alpha value is -6.96. The average Bonchev–Trinajstić information content (AvgIpc) is 0.710. The fraction of sp³-hybridized carbons (Fsp3) is 0.368.